The second-order valence-electron chi connectivity index (χ2n) is 10.4. The van der Waals surface area contributed by atoms with Gasteiger partial charge < -0.3 is 19.5 Å². The van der Waals surface area contributed by atoms with Gasteiger partial charge in [-0.05, 0) is 51.6 Å². The van der Waals surface area contributed by atoms with E-state index in [9.17, 15) is 8.78 Å². The summed E-state index contributed by atoms with van der Waals surface area (Å²) in [6.07, 6.45) is 2.87. The van der Waals surface area contributed by atoms with Crippen LogP contribution in [-0.4, -0.2) is 73.6 Å². The fourth-order valence-electron chi connectivity index (χ4n) is 5.53. The molecule has 2 aliphatic rings. The summed E-state index contributed by atoms with van der Waals surface area (Å²) < 4.78 is 37.7. The molecule has 6 rings (SSSR count). The number of nitrogens with zero attached hydrogens (tertiary/aromatic N) is 7. The predicted octanol–water partition coefficient (Wildman–Crippen LogP) is 4.62. The summed E-state index contributed by atoms with van der Waals surface area (Å²) in [7, 11) is 0. The van der Waals surface area contributed by atoms with Crippen molar-refractivity contribution in [3.8, 4) is 11.3 Å². The molecule has 204 valence electrons. The van der Waals surface area contributed by atoms with Crippen LogP contribution in [-0.2, 0) is 10.5 Å². The molecule has 0 aliphatic carbocycles. The van der Waals surface area contributed by atoms with E-state index in [1.54, 1.807) is 12.3 Å². The van der Waals surface area contributed by atoms with Crippen LogP contribution in [0.1, 0.15) is 38.2 Å². The van der Waals surface area contributed by atoms with Crippen molar-refractivity contribution < 1.29 is 13.5 Å². The minimum Gasteiger partial charge on any atom is -0.349 e. The molecule has 3 aromatic heterocycles. The number of benzene rings is 1. The number of epoxide rings is 1. The molecule has 9 nitrogen and oxygen atoms in total. The molecule has 5 heterocycles. The van der Waals surface area contributed by atoms with Crippen LogP contribution in [0, 0.1) is 18.6 Å². The number of piperazine rings is 1. The Hall–Kier alpha value is -3.54. The number of fused-ring (bicyclic) bond motifs is 1. The van der Waals surface area contributed by atoms with Gasteiger partial charge in [0.05, 0.1) is 18.3 Å². The third-order valence-electron chi connectivity index (χ3n) is 7.66. The van der Waals surface area contributed by atoms with Crippen molar-refractivity contribution in [2.24, 2.45) is 0 Å². The van der Waals surface area contributed by atoms with Crippen LogP contribution in [0.4, 0.5) is 20.5 Å². The van der Waals surface area contributed by atoms with Gasteiger partial charge in [0.15, 0.2) is 17.4 Å². The van der Waals surface area contributed by atoms with E-state index in [0.29, 0.717) is 29.3 Å². The van der Waals surface area contributed by atoms with E-state index in [4.69, 9.17) is 4.74 Å². The molecule has 4 aromatic rings. The third kappa shape index (κ3) is 4.64. The normalized spacial score (nSPS) is 20.2. The van der Waals surface area contributed by atoms with Gasteiger partial charge in [-0.3, -0.25) is 4.90 Å². The highest BCUT2D eigenvalue weighted by Gasteiger charge is 2.52. The Morgan fingerprint density at radius 3 is 2.44 bits per heavy atom. The quantitative estimate of drug-likeness (QED) is 0.344. The first-order valence-corrected chi connectivity index (χ1v) is 13.3. The Labute approximate surface area is 225 Å². The molecular formula is C28H32F2N8O. The van der Waals surface area contributed by atoms with Crippen LogP contribution in [0.15, 0.2) is 36.7 Å². The van der Waals surface area contributed by atoms with E-state index in [1.165, 1.54) is 6.07 Å². The Bertz CT molecular complexity index is 1510. The standard InChI is InChI=1S/C28H32F2N8O/c1-5-36-8-10-37(11-9-36)28(16-39-28)20-6-7-24(31-14-20)34-27-32-15-22(30)25(35-27)19-12-21(29)26-23(13-19)38(17(2)3)18(4)33-26/h6-7,12-15,17H,5,8-11,16H2,1-4H3,(H,31,32,34,35). The zero-order valence-corrected chi connectivity index (χ0v) is 22.6. The first-order valence-electron chi connectivity index (χ1n) is 13.3. The van der Waals surface area contributed by atoms with E-state index in [-0.39, 0.29) is 23.2 Å². The number of anilines is 2. The van der Waals surface area contributed by atoms with Gasteiger partial charge in [-0.1, -0.05) is 6.92 Å². The highest BCUT2D eigenvalue weighted by atomic mass is 19.1. The van der Waals surface area contributed by atoms with Crippen LogP contribution in [0.3, 0.4) is 0 Å². The molecule has 2 aliphatic heterocycles. The smallest absolute Gasteiger partial charge is 0.229 e. The van der Waals surface area contributed by atoms with E-state index in [1.807, 2.05) is 37.5 Å². The molecule has 0 amide bonds. The third-order valence-corrected chi connectivity index (χ3v) is 7.66. The number of nitrogens with one attached hydrogen (secondary N) is 1. The number of pyridine rings is 1. The maximum absolute atomic E-state index is 15.0. The average molecular weight is 535 g/mol. The molecule has 39 heavy (non-hydrogen) atoms. The van der Waals surface area contributed by atoms with Gasteiger partial charge in [0.1, 0.15) is 22.9 Å². The number of aromatic nitrogens is 5. The summed E-state index contributed by atoms with van der Waals surface area (Å²) >= 11 is 0. The van der Waals surface area contributed by atoms with Gasteiger partial charge in [-0.15, -0.1) is 0 Å². The Morgan fingerprint density at radius 1 is 1.03 bits per heavy atom. The van der Waals surface area contributed by atoms with Gasteiger partial charge in [0.25, 0.3) is 0 Å². The van der Waals surface area contributed by atoms with Crippen molar-refractivity contribution in [2.45, 2.75) is 39.5 Å². The minimum atomic E-state index is -0.647. The molecule has 0 saturated carbocycles. The number of hydrogen-bond acceptors (Lipinski definition) is 8. The molecule has 11 heteroatoms. The average Bonchev–Trinajstić information content (AvgIpc) is 3.66. The molecule has 2 fully saturated rings. The minimum absolute atomic E-state index is 0.00404. The molecule has 1 atom stereocenters. The Morgan fingerprint density at radius 2 is 1.79 bits per heavy atom. The summed E-state index contributed by atoms with van der Waals surface area (Å²) in [6.45, 7) is 13.6. The molecular weight excluding hydrogens is 502 g/mol. The molecule has 0 radical (unpaired) electrons. The second-order valence-corrected chi connectivity index (χ2v) is 10.4. The Kier molecular flexibility index (Phi) is 6.52. The van der Waals surface area contributed by atoms with Crippen LogP contribution in [0.25, 0.3) is 22.3 Å². The number of likely N-dealkylation sites (N-methyl/N-ethyl adjacent to an activating group) is 1. The summed E-state index contributed by atoms with van der Waals surface area (Å²) in [4.78, 5) is 22.2. The predicted molar refractivity (Wildman–Crippen MR) is 145 cm³/mol. The van der Waals surface area contributed by atoms with Gasteiger partial charge >= 0.3 is 0 Å². The monoisotopic (exact) mass is 534 g/mol. The van der Waals surface area contributed by atoms with Crippen LogP contribution >= 0.6 is 0 Å². The molecule has 1 unspecified atom stereocenters. The largest absolute Gasteiger partial charge is 0.349 e. The van der Waals surface area contributed by atoms with E-state index in [2.05, 4.69) is 42.0 Å². The maximum atomic E-state index is 15.0. The second kappa shape index (κ2) is 9.89. The van der Waals surface area contributed by atoms with Crippen molar-refractivity contribution in [2.75, 3.05) is 44.6 Å². The van der Waals surface area contributed by atoms with Crippen LogP contribution in [0.5, 0.6) is 0 Å². The highest BCUT2D eigenvalue weighted by Crippen LogP contribution is 2.42. The number of rotatable bonds is 7. The number of imidazole rings is 1. The number of halogens is 2. The number of aryl methyl sites for hydroxylation is 1. The highest BCUT2D eigenvalue weighted by molar-refractivity contribution is 5.83. The molecule has 2 saturated heterocycles. The van der Waals surface area contributed by atoms with Crippen molar-refractivity contribution in [1.82, 2.24) is 34.3 Å². The molecule has 0 bridgehead atoms. The summed E-state index contributed by atoms with van der Waals surface area (Å²) in [5, 5.41) is 3.05. The lowest BCUT2D eigenvalue weighted by Gasteiger charge is -2.37. The fraction of sp³-hybridized carbons (Fsp3) is 0.429. The topological polar surface area (TPSA) is 87.5 Å². The first kappa shape index (κ1) is 25.7. The van der Waals surface area contributed by atoms with E-state index < -0.39 is 17.4 Å². The Balaban J connectivity index is 1.24. The van der Waals surface area contributed by atoms with Crippen LogP contribution < -0.4 is 5.32 Å². The van der Waals surface area contributed by atoms with Crippen molar-refractivity contribution >= 4 is 22.8 Å². The summed E-state index contributed by atoms with van der Waals surface area (Å²) in [5.41, 5.74) is 1.75. The fourth-order valence-corrected chi connectivity index (χ4v) is 5.53. The maximum Gasteiger partial charge on any atom is 0.229 e. The SMILES string of the molecule is CCN1CCN(C2(c3ccc(Nc4ncc(F)c(-c5cc(F)c6nc(C)n(C(C)C)c6c5)n4)nc3)CO2)CC1. The van der Waals surface area contributed by atoms with E-state index >= 15 is 0 Å². The van der Waals surface area contributed by atoms with Crippen molar-refractivity contribution in [1.29, 1.82) is 0 Å². The molecule has 0 spiro atoms. The lowest BCUT2D eigenvalue weighted by molar-refractivity contribution is 0.0275. The van der Waals surface area contributed by atoms with Crippen molar-refractivity contribution in [3.63, 3.8) is 0 Å². The molecule has 1 N–H and O–H groups in total. The van der Waals surface area contributed by atoms with Crippen LogP contribution in [0.2, 0.25) is 0 Å². The molecule has 1 aromatic carbocycles. The van der Waals surface area contributed by atoms with Gasteiger partial charge in [0.2, 0.25) is 5.95 Å². The van der Waals surface area contributed by atoms with Gasteiger partial charge in [-0.25, -0.2) is 28.7 Å². The number of hydrogen-bond donors (Lipinski definition) is 1. The zero-order chi connectivity index (χ0) is 27.3. The first-order chi connectivity index (χ1) is 18.8. The van der Waals surface area contributed by atoms with Crippen molar-refractivity contribution in [3.05, 3.63) is 59.7 Å². The zero-order valence-electron chi connectivity index (χ0n) is 22.6. The van der Waals surface area contributed by atoms with Gasteiger partial charge in [0, 0.05) is 49.5 Å². The van der Waals surface area contributed by atoms with E-state index in [0.717, 1.165) is 44.5 Å². The summed E-state index contributed by atoms with van der Waals surface area (Å²) in [6, 6.07) is 6.86. The summed E-state index contributed by atoms with van der Waals surface area (Å²) in [5.74, 6) is 0.192. The lowest BCUT2D eigenvalue weighted by atomic mass is 10.1. The van der Waals surface area contributed by atoms with Gasteiger partial charge in [-0.2, -0.15) is 0 Å². The lowest BCUT2D eigenvalue weighted by Crippen LogP contribution is -2.50. The number of ether oxygens (including phenoxy) is 1.